The zero-order valence-electron chi connectivity index (χ0n) is 11.4. The van der Waals surface area contributed by atoms with Crippen molar-refractivity contribution in [2.24, 2.45) is 0 Å². The summed E-state index contributed by atoms with van der Waals surface area (Å²) in [5.41, 5.74) is 0.308. The molecule has 21 heavy (non-hydrogen) atoms. The summed E-state index contributed by atoms with van der Waals surface area (Å²) in [6.45, 7) is 2.13. The van der Waals surface area contributed by atoms with Crippen molar-refractivity contribution < 1.29 is 19.1 Å². The molecule has 0 aliphatic carbocycles. The molecule has 0 radical (unpaired) electrons. The smallest absolute Gasteiger partial charge is 0.317 e. The summed E-state index contributed by atoms with van der Waals surface area (Å²) in [5.74, 6) is -1.56. The molecule has 0 saturated carbocycles. The van der Waals surface area contributed by atoms with Gasteiger partial charge in [-0.25, -0.2) is 4.39 Å². The van der Waals surface area contributed by atoms with E-state index >= 15 is 0 Å². The molecular formula is C14H16BrFN2O3. The predicted molar refractivity (Wildman–Crippen MR) is 78.7 cm³/mol. The van der Waals surface area contributed by atoms with Crippen molar-refractivity contribution in [2.45, 2.75) is 6.42 Å². The van der Waals surface area contributed by atoms with E-state index in [1.165, 1.54) is 12.1 Å². The minimum absolute atomic E-state index is 0.0189. The molecule has 5 nitrogen and oxygen atoms in total. The van der Waals surface area contributed by atoms with Gasteiger partial charge >= 0.3 is 5.97 Å². The van der Waals surface area contributed by atoms with Crippen LogP contribution in [0, 0.1) is 5.82 Å². The van der Waals surface area contributed by atoms with Crippen LogP contribution in [0.5, 0.6) is 0 Å². The second-order valence-electron chi connectivity index (χ2n) is 4.94. The standard InChI is InChI=1S/C14H16BrFN2O3/c15-11-3-2-10(8-12(11)16)14(21)18-5-1-4-17(6-7-18)9-13(19)20/h2-3,8H,1,4-7,9H2,(H,19,20). The molecule has 1 amide bonds. The number of aliphatic carboxylic acids is 1. The van der Waals surface area contributed by atoms with E-state index in [1.54, 1.807) is 15.9 Å². The molecule has 1 saturated heterocycles. The molecule has 1 fully saturated rings. The maximum Gasteiger partial charge on any atom is 0.317 e. The maximum atomic E-state index is 13.5. The number of rotatable bonds is 3. The van der Waals surface area contributed by atoms with Gasteiger partial charge < -0.3 is 10.0 Å². The van der Waals surface area contributed by atoms with E-state index in [0.29, 0.717) is 42.6 Å². The van der Waals surface area contributed by atoms with E-state index in [4.69, 9.17) is 5.11 Å². The first kappa shape index (κ1) is 15.9. The monoisotopic (exact) mass is 358 g/mol. The largest absolute Gasteiger partial charge is 0.480 e. The Labute approximate surface area is 130 Å². The number of amides is 1. The fourth-order valence-corrected chi connectivity index (χ4v) is 2.58. The van der Waals surface area contributed by atoms with E-state index in [1.807, 2.05) is 0 Å². The van der Waals surface area contributed by atoms with Crippen LogP contribution in [0.2, 0.25) is 0 Å². The van der Waals surface area contributed by atoms with Crippen LogP contribution in [0.1, 0.15) is 16.8 Å². The van der Waals surface area contributed by atoms with Crippen molar-refractivity contribution in [1.29, 1.82) is 0 Å². The molecule has 1 aromatic carbocycles. The van der Waals surface area contributed by atoms with Crippen molar-refractivity contribution >= 4 is 27.8 Å². The highest BCUT2D eigenvalue weighted by atomic mass is 79.9. The van der Waals surface area contributed by atoms with Gasteiger partial charge in [0.05, 0.1) is 11.0 Å². The molecule has 0 bridgehead atoms. The van der Waals surface area contributed by atoms with E-state index in [0.717, 1.165) is 0 Å². The van der Waals surface area contributed by atoms with Crippen LogP contribution < -0.4 is 0 Å². The summed E-state index contributed by atoms with van der Waals surface area (Å²) in [7, 11) is 0. The predicted octanol–water partition coefficient (Wildman–Crippen LogP) is 1.82. The first-order valence-corrected chi connectivity index (χ1v) is 7.45. The first-order chi connectivity index (χ1) is 9.97. The molecule has 0 unspecified atom stereocenters. The Morgan fingerprint density at radius 2 is 2.00 bits per heavy atom. The summed E-state index contributed by atoms with van der Waals surface area (Å²) in [6.07, 6.45) is 0.706. The lowest BCUT2D eigenvalue weighted by Crippen LogP contribution is -2.36. The molecule has 114 valence electrons. The number of carbonyl (C=O) groups is 2. The zero-order valence-corrected chi connectivity index (χ0v) is 13.0. The molecule has 1 aliphatic heterocycles. The normalized spacial score (nSPS) is 16.6. The number of carbonyl (C=O) groups excluding carboxylic acids is 1. The van der Waals surface area contributed by atoms with Gasteiger partial charge in [0.15, 0.2) is 0 Å². The Hall–Kier alpha value is -1.47. The minimum atomic E-state index is -0.871. The molecule has 0 aromatic heterocycles. The molecule has 7 heteroatoms. The summed E-state index contributed by atoms with van der Waals surface area (Å²) in [4.78, 5) is 26.5. The van der Waals surface area contributed by atoms with Gasteiger partial charge in [-0.05, 0) is 40.5 Å². The Morgan fingerprint density at radius 3 is 2.67 bits per heavy atom. The summed E-state index contributed by atoms with van der Waals surface area (Å²) in [6, 6.07) is 4.30. The Balaban J connectivity index is 2.02. The number of hydrogen-bond acceptors (Lipinski definition) is 3. The number of carboxylic acids is 1. The third kappa shape index (κ3) is 4.25. The molecule has 0 atom stereocenters. The topological polar surface area (TPSA) is 60.9 Å². The molecule has 0 spiro atoms. The molecule has 2 rings (SSSR count). The Kier molecular flexibility index (Phi) is 5.30. The molecular weight excluding hydrogens is 343 g/mol. The average Bonchev–Trinajstić information content (AvgIpc) is 2.66. The van der Waals surface area contributed by atoms with Gasteiger partial charge in [-0.3, -0.25) is 14.5 Å². The van der Waals surface area contributed by atoms with Crippen LogP contribution in [0.25, 0.3) is 0 Å². The maximum absolute atomic E-state index is 13.5. The van der Waals surface area contributed by atoms with Crippen molar-refractivity contribution in [3.63, 3.8) is 0 Å². The van der Waals surface area contributed by atoms with Gasteiger partial charge in [-0.15, -0.1) is 0 Å². The average molecular weight is 359 g/mol. The lowest BCUT2D eigenvalue weighted by Gasteiger charge is -2.21. The molecule has 1 N–H and O–H groups in total. The SMILES string of the molecule is O=C(O)CN1CCCN(C(=O)c2ccc(Br)c(F)c2)CC1. The van der Waals surface area contributed by atoms with Crippen molar-refractivity contribution in [2.75, 3.05) is 32.7 Å². The third-order valence-electron chi connectivity index (χ3n) is 3.40. The number of carboxylic acid groups (broad SMARTS) is 1. The zero-order chi connectivity index (χ0) is 15.4. The lowest BCUT2D eigenvalue weighted by atomic mass is 10.2. The van der Waals surface area contributed by atoms with E-state index in [9.17, 15) is 14.0 Å². The highest BCUT2D eigenvalue weighted by Crippen LogP contribution is 2.18. The Bertz CT molecular complexity index is 553. The quantitative estimate of drug-likeness (QED) is 0.895. The summed E-state index contributed by atoms with van der Waals surface area (Å²) >= 11 is 3.06. The second kappa shape index (κ2) is 7.00. The minimum Gasteiger partial charge on any atom is -0.480 e. The van der Waals surface area contributed by atoms with Crippen LogP contribution in [0.3, 0.4) is 0 Å². The molecule has 1 heterocycles. The first-order valence-electron chi connectivity index (χ1n) is 6.66. The summed E-state index contributed by atoms with van der Waals surface area (Å²) in [5, 5.41) is 8.80. The highest BCUT2D eigenvalue weighted by molar-refractivity contribution is 9.10. The van der Waals surface area contributed by atoms with Gasteiger partial charge in [0.1, 0.15) is 5.82 Å². The van der Waals surface area contributed by atoms with Crippen LogP contribution in [-0.4, -0.2) is 59.5 Å². The number of nitrogens with zero attached hydrogens (tertiary/aromatic N) is 2. The van der Waals surface area contributed by atoms with Crippen LogP contribution in [0.15, 0.2) is 22.7 Å². The highest BCUT2D eigenvalue weighted by Gasteiger charge is 2.21. The van der Waals surface area contributed by atoms with E-state index < -0.39 is 11.8 Å². The lowest BCUT2D eigenvalue weighted by molar-refractivity contribution is -0.138. The second-order valence-corrected chi connectivity index (χ2v) is 5.80. The molecule has 1 aliphatic rings. The third-order valence-corrected chi connectivity index (χ3v) is 4.04. The van der Waals surface area contributed by atoms with Gasteiger partial charge in [0, 0.05) is 31.7 Å². The Morgan fingerprint density at radius 1 is 1.24 bits per heavy atom. The number of halogens is 2. The number of benzene rings is 1. The van der Waals surface area contributed by atoms with Crippen LogP contribution >= 0.6 is 15.9 Å². The van der Waals surface area contributed by atoms with E-state index in [-0.39, 0.29) is 12.5 Å². The van der Waals surface area contributed by atoms with Crippen LogP contribution in [-0.2, 0) is 4.79 Å². The van der Waals surface area contributed by atoms with Gasteiger partial charge in [0.25, 0.3) is 5.91 Å². The van der Waals surface area contributed by atoms with Gasteiger partial charge in [0.2, 0.25) is 0 Å². The fraction of sp³-hybridized carbons (Fsp3) is 0.429. The summed E-state index contributed by atoms with van der Waals surface area (Å²) < 4.78 is 13.8. The fourth-order valence-electron chi connectivity index (χ4n) is 2.34. The van der Waals surface area contributed by atoms with Crippen LogP contribution in [0.4, 0.5) is 4.39 Å². The molecule has 1 aromatic rings. The van der Waals surface area contributed by atoms with Gasteiger partial charge in [-0.2, -0.15) is 0 Å². The van der Waals surface area contributed by atoms with Crippen molar-refractivity contribution in [3.8, 4) is 0 Å². The van der Waals surface area contributed by atoms with Crippen molar-refractivity contribution in [1.82, 2.24) is 9.80 Å². The number of hydrogen-bond donors (Lipinski definition) is 1. The van der Waals surface area contributed by atoms with Gasteiger partial charge in [-0.1, -0.05) is 0 Å². The van der Waals surface area contributed by atoms with Crippen molar-refractivity contribution in [3.05, 3.63) is 34.1 Å². The van der Waals surface area contributed by atoms with E-state index in [2.05, 4.69) is 15.9 Å².